The Morgan fingerprint density at radius 3 is 2.47 bits per heavy atom. The number of hydrogen-bond acceptors (Lipinski definition) is 2. The van der Waals surface area contributed by atoms with E-state index in [1.807, 2.05) is 13.0 Å². The Morgan fingerprint density at radius 1 is 1.11 bits per heavy atom. The van der Waals surface area contributed by atoms with Crippen LogP contribution in [0.2, 0.25) is 0 Å². The lowest BCUT2D eigenvalue weighted by molar-refractivity contribution is 0.516. The summed E-state index contributed by atoms with van der Waals surface area (Å²) in [7, 11) is 1.68. The van der Waals surface area contributed by atoms with Gasteiger partial charge in [0.05, 0.1) is 6.04 Å². The van der Waals surface area contributed by atoms with Crippen molar-refractivity contribution in [1.82, 2.24) is 10.3 Å². The van der Waals surface area contributed by atoms with Crippen LogP contribution in [0.3, 0.4) is 0 Å². The Kier molecular flexibility index (Phi) is 3.90. The van der Waals surface area contributed by atoms with Crippen molar-refractivity contribution in [1.29, 1.82) is 0 Å². The molecule has 0 radical (unpaired) electrons. The maximum absolute atomic E-state index is 14.2. The molecule has 0 saturated carbocycles. The monoisotopic (exact) mass is 262 g/mol. The number of nitrogens with zero attached hydrogens (tertiary/aromatic N) is 1. The Morgan fingerprint density at radius 2 is 1.84 bits per heavy atom. The summed E-state index contributed by atoms with van der Waals surface area (Å²) in [5.41, 5.74) is 2.18. The highest BCUT2D eigenvalue weighted by molar-refractivity contribution is 5.38. The van der Waals surface area contributed by atoms with Crippen molar-refractivity contribution >= 4 is 0 Å². The highest BCUT2D eigenvalue weighted by Crippen LogP contribution is 2.29. The molecule has 2 rings (SSSR count). The van der Waals surface area contributed by atoms with Crippen LogP contribution in [0.25, 0.3) is 0 Å². The van der Waals surface area contributed by atoms with Gasteiger partial charge in [-0.2, -0.15) is 0 Å². The number of hydrogen-bond donors (Lipinski definition) is 1. The number of aryl methyl sites for hydroxylation is 2. The van der Waals surface area contributed by atoms with Crippen molar-refractivity contribution in [3.63, 3.8) is 0 Å². The fourth-order valence-corrected chi connectivity index (χ4v) is 2.18. The second kappa shape index (κ2) is 5.45. The Labute approximate surface area is 111 Å². The Hall–Kier alpha value is -1.81. The first-order chi connectivity index (χ1) is 9.06. The number of halogens is 2. The maximum atomic E-state index is 14.2. The van der Waals surface area contributed by atoms with Crippen LogP contribution in [-0.2, 0) is 0 Å². The Balaban J connectivity index is 2.61. The van der Waals surface area contributed by atoms with E-state index >= 15 is 0 Å². The summed E-state index contributed by atoms with van der Waals surface area (Å²) in [6.07, 6.45) is 3.30. The van der Waals surface area contributed by atoms with Crippen molar-refractivity contribution in [3.8, 4) is 0 Å². The summed E-state index contributed by atoms with van der Waals surface area (Å²) in [5.74, 6) is -1.06. The normalized spacial score (nSPS) is 12.5. The van der Waals surface area contributed by atoms with E-state index in [1.165, 1.54) is 12.1 Å². The fourth-order valence-electron chi connectivity index (χ4n) is 2.18. The summed E-state index contributed by atoms with van der Waals surface area (Å²) in [6, 6.07) is 4.01. The van der Waals surface area contributed by atoms with Gasteiger partial charge >= 0.3 is 0 Å². The molecule has 1 heterocycles. The molecule has 2 nitrogen and oxygen atoms in total. The highest BCUT2D eigenvalue weighted by atomic mass is 19.1. The molecule has 0 amide bonds. The van der Waals surface area contributed by atoms with E-state index in [9.17, 15) is 8.78 Å². The second-order valence-electron chi connectivity index (χ2n) is 4.55. The van der Waals surface area contributed by atoms with Gasteiger partial charge in [0, 0.05) is 18.0 Å². The van der Waals surface area contributed by atoms with Crippen LogP contribution < -0.4 is 5.32 Å². The zero-order valence-electron chi connectivity index (χ0n) is 11.2. The van der Waals surface area contributed by atoms with Crippen LogP contribution in [0.15, 0.2) is 30.6 Å². The number of rotatable bonds is 3. The topological polar surface area (TPSA) is 24.9 Å². The quantitative estimate of drug-likeness (QED) is 0.918. The van der Waals surface area contributed by atoms with Crippen LogP contribution in [0.4, 0.5) is 8.78 Å². The third-order valence-electron chi connectivity index (χ3n) is 3.29. The fraction of sp³-hybridized carbons (Fsp3) is 0.267. The molecule has 1 aromatic carbocycles. The molecule has 0 fully saturated rings. The first kappa shape index (κ1) is 13.6. The molecule has 1 N–H and O–H groups in total. The SMILES string of the molecule is CNC(c1cnccc1C)c1c(F)ccc(C)c1F. The van der Waals surface area contributed by atoms with Gasteiger partial charge in [-0.15, -0.1) is 0 Å². The molecule has 19 heavy (non-hydrogen) atoms. The van der Waals surface area contributed by atoms with Crippen molar-refractivity contribution in [2.45, 2.75) is 19.9 Å². The largest absolute Gasteiger partial charge is 0.309 e. The minimum Gasteiger partial charge on any atom is -0.309 e. The van der Waals surface area contributed by atoms with E-state index in [0.717, 1.165) is 11.1 Å². The molecule has 1 atom stereocenters. The highest BCUT2D eigenvalue weighted by Gasteiger charge is 2.23. The molecule has 0 saturated heterocycles. The molecule has 100 valence electrons. The van der Waals surface area contributed by atoms with E-state index in [-0.39, 0.29) is 5.56 Å². The van der Waals surface area contributed by atoms with E-state index in [2.05, 4.69) is 10.3 Å². The predicted octanol–water partition coefficient (Wildman–Crippen LogP) is 3.29. The molecule has 1 aromatic heterocycles. The molecule has 0 aliphatic carbocycles. The summed E-state index contributed by atoms with van der Waals surface area (Å²) in [4.78, 5) is 4.04. The van der Waals surface area contributed by atoms with Gasteiger partial charge in [-0.3, -0.25) is 4.98 Å². The summed E-state index contributed by atoms with van der Waals surface area (Å²) >= 11 is 0. The van der Waals surface area contributed by atoms with E-state index in [4.69, 9.17) is 0 Å². The standard InChI is InChI=1S/C15H16F2N2/c1-9-6-7-19-8-11(9)15(18-3)13-12(16)5-4-10(2)14(13)17/h4-8,15,18H,1-3H3. The molecule has 4 heteroatoms. The lowest BCUT2D eigenvalue weighted by atomic mass is 9.94. The van der Waals surface area contributed by atoms with Crippen LogP contribution >= 0.6 is 0 Å². The van der Waals surface area contributed by atoms with Gasteiger partial charge in [0.1, 0.15) is 11.6 Å². The molecule has 1 unspecified atom stereocenters. The molecule has 0 spiro atoms. The van der Waals surface area contributed by atoms with E-state index in [0.29, 0.717) is 5.56 Å². The molecule has 2 aromatic rings. The number of aromatic nitrogens is 1. The van der Waals surface area contributed by atoms with Gasteiger partial charge < -0.3 is 5.32 Å². The minimum atomic E-state index is -0.550. The molecule has 0 aliphatic rings. The molecular weight excluding hydrogens is 246 g/mol. The van der Waals surface area contributed by atoms with Gasteiger partial charge in [-0.1, -0.05) is 6.07 Å². The molecule has 0 bridgehead atoms. The van der Waals surface area contributed by atoms with Gasteiger partial charge in [0.25, 0.3) is 0 Å². The lowest BCUT2D eigenvalue weighted by Gasteiger charge is -2.20. The van der Waals surface area contributed by atoms with Crippen LogP contribution in [0.1, 0.15) is 28.3 Å². The lowest BCUT2D eigenvalue weighted by Crippen LogP contribution is -2.22. The first-order valence-electron chi connectivity index (χ1n) is 6.08. The number of nitrogens with one attached hydrogen (secondary N) is 1. The van der Waals surface area contributed by atoms with Crippen molar-refractivity contribution in [2.75, 3.05) is 7.05 Å². The average molecular weight is 262 g/mol. The first-order valence-corrected chi connectivity index (χ1v) is 6.08. The zero-order valence-corrected chi connectivity index (χ0v) is 11.2. The minimum absolute atomic E-state index is 0.0404. The third-order valence-corrected chi connectivity index (χ3v) is 3.29. The van der Waals surface area contributed by atoms with Gasteiger partial charge in [0.15, 0.2) is 0 Å². The maximum Gasteiger partial charge on any atom is 0.134 e. The third kappa shape index (κ3) is 2.49. The zero-order chi connectivity index (χ0) is 14.0. The average Bonchev–Trinajstić information content (AvgIpc) is 2.40. The van der Waals surface area contributed by atoms with Crippen LogP contribution in [0.5, 0.6) is 0 Å². The van der Waals surface area contributed by atoms with Gasteiger partial charge in [-0.05, 0) is 49.7 Å². The van der Waals surface area contributed by atoms with Crippen LogP contribution in [0, 0.1) is 25.5 Å². The molecule has 0 aliphatic heterocycles. The van der Waals surface area contributed by atoms with E-state index in [1.54, 1.807) is 26.4 Å². The van der Waals surface area contributed by atoms with Gasteiger partial charge in [0.2, 0.25) is 0 Å². The predicted molar refractivity (Wildman–Crippen MR) is 71.0 cm³/mol. The van der Waals surface area contributed by atoms with Crippen molar-refractivity contribution < 1.29 is 8.78 Å². The smallest absolute Gasteiger partial charge is 0.134 e. The van der Waals surface area contributed by atoms with Crippen molar-refractivity contribution in [3.05, 3.63) is 64.5 Å². The number of pyridine rings is 1. The van der Waals surface area contributed by atoms with Gasteiger partial charge in [-0.25, -0.2) is 8.78 Å². The van der Waals surface area contributed by atoms with Crippen molar-refractivity contribution in [2.24, 2.45) is 0 Å². The Bertz CT molecular complexity index is 597. The summed E-state index contributed by atoms with van der Waals surface area (Å²) < 4.78 is 28.2. The molecular formula is C15H16F2N2. The van der Waals surface area contributed by atoms with E-state index < -0.39 is 17.7 Å². The second-order valence-corrected chi connectivity index (χ2v) is 4.55. The summed E-state index contributed by atoms with van der Waals surface area (Å²) in [5, 5.41) is 2.96. The van der Waals surface area contributed by atoms with Crippen LogP contribution in [-0.4, -0.2) is 12.0 Å². The summed E-state index contributed by atoms with van der Waals surface area (Å²) in [6.45, 7) is 3.52. The number of benzene rings is 1.